The lowest BCUT2D eigenvalue weighted by Gasteiger charge is -2.28. The molecule has 0 aliphatic carbocycles. The topological polar surface area (TPSA) is 112 Å². The van der Waals surface area contributed by atoms with Gasteiger partial charge < -0.3 is 20.2 Å². The molecule has 38 heavy (non-hydrogen) atoms. The Morgan fingerprint density at radius 3 is 2.74 bits per heavy atom. The van der Waals surface area contributed by atoms with Gasteiger partial charge in [0.1, 0.15) is 10.7 Å². The summed E-state index contributed by atoms with van der Waals surface area (Å²) < 4.78 is 2.04. The molecule has 1 atom stereocenters. The molecule has 0 radical (unpaired) electrons. The van der Waals surface area contributed by atoms with Crippen LogP contribution in [0.15, 0.2) is 54.3 Å². The molecule has 2 saturated heterocycles. The predicted molar refractivity (Wildman–Crippen MR) is 146 cm³/mol. The summed E-state index contributed by atoms with van der Waals surface area (Å²) in [5.41, 5.74) is 2.27. The average molecular weight is 531 g/mol. The van der Waals surface area contributed by atoms with Crippen LogP contribution in [0.5, 0.6) is 0 Å². The van der Waals surface area contributed by atoms with Crippen molar-refractivity contribution in [3.63, 3.8) is 0 Å². The molecule has 5 heterocycles. The summed E-state index contributed by atoms with van der Waals surface area (Å²) in [5.74, 6) is 0.210. The van der Waals surface area contributed by atoms with Crippen molar-refractivity contribution in [3.8, 4) is 22.0 Å². The number of piperidine rings is 1. The summed E-state index contributed by atoms with van der Waals surface area (Å²) in [6.07, 6.45) is 8.09. The molecule has 4 aromatic rings. The third-order valence-electron chi connectivity index (χ3n) is 7.44. The van der Waals surface area contributed by atoms with Crippen molar-refractivity contribution >= 4 is 28.9 Å². The Labute approximate surface area is 225 Å². The molecule has 10 nitrogen and oxygen atoms in total. The van der Waals surface area contributed by atoms with Gasteiger partial charge in [-0.2, -0.15) is 5.10 Å². The summed E-state index contributed by atoms with van der Waals surface area (Å²) in [4.78, 5) is 30.3. The van der Waals surface area contributed by atoms with Crippen molar-refractivity contribution in [1.29, 1.82) is 0 Å². The monoisotopic (exact) mass is 530 g/mol. The van der Waals surface area contributed by atoms with Crippen molar-refractivity contribution in [2.75, 3.05) is 39.0 Å². The van der Waals surface area contributed by atoms with Crippen LogP contribution in [-0.2, 0) is 10.4 Å². The van der Waals surface area contributed by atoms with Crippen LogP contribution >= 0.6 is 11.3 Å². The maximum Gasteiger partial charge on any atom is 0.258 e. The minimum absolute atomic E-state index is 0.272. The van der Waals surface area contributed by atoms with Crippen molar-refractivity contribution in [2.24, 2.45) is 0 Å². The summed E-state index contributed by atoms with van der Waals surface area (Å²) >= 11 is 1.49. The molecular formula is C27H30N8O2S. The van der Waals surface area contributed by atoms with Gasteiger partial charge in [0.05, 0.1) is 23.6 Å². The lowest BCUT2D eigenvalue weighted by atomic mass is 9.90. The maximum atomic E-state index is 12.6. The molecule has 2 fully saturated rings. The number of hydrogen-bond acceptors (Lipinski definition) is 9. The Morgan fingerprint density at radius 1 is 1.11 bits per heavy atom. The fraction of sp³-hybridized carbons (Fsp3) is 0.370. The normalized spacial score (nSPS) is 20.8. The van der Waals surface area contributed by atoms with Gasteiger partial charge >= 0.3 is 0 Å². The number of thiazole rings is 1. The minimum atomic E-state index is -1.49. The van der Waals surface area contributed by atoms with E-state index in [2.05, 4.69) is 32.3 Å². The number of aliphatic hydroxyl groups is 1. The van der Waals surface area contributed by atoms with Gasteiger partial charge in [-0.3, -0.25) is 9.48 Å². The first-order valence-electron chi connectivity index (χ1n) is 12.8. The number of hydrogen-bond donors (Lipinski definition) is 2. The average Bonchev–Trinajstić information content (AvgIpc) is 3.67. The molecule has 0 bridgehead atoms. The largest absolute Gasteiger partial charge is 0.375 e. The number of likely N-dealkylation sites (N-methyl/N-ethyl adjacent to an activating group) is 1. The van der Waals surface area contributed by atoms with Crippen LogP contribution < -0.4 is 5.32 Å². The number of rotatable bonds is 6. The lowest BCUT2D eigenvalue weighted by Crippen LogP contribution is -2.36. The SMILES string of the molecule is CN1CCC(n2cc(Nc3nccc(-c4nc(-c5cccc([C@]6(O)CCN(C)C6=O)c5)cs4)n3)cn2)CC1. The third kappa shape index (κ3) is 4.68. The van der Waals surface area contributed by atoms with E-state index in [1.165, 1.54) is 11.3 Å². The Morgan fingerprint density at radius 2 is 1.95 bits per heavy atom. The van der Waals surface area contributed by atoms with E-state index in [-0.39, 0.29) is 5.91 Å². The molecule has 2 N–H and O–H groups in total. The Balaban J connectivity index is 1.18. The first-order valence-corrected chi connectivity index (χ1v) is 13.6. The summed E-state index contributed by atoms with van der Waals surface area (Å²) in [7, 11) is 3.87. The highest BCUT2D eigenvalue weighted by atomic mass is 32.1. The molecule has 3 aromatic heterocycles. The first-order chi connectivity index (χ1) is 18.4. The Bertz CT molecular complexity index is 1460. The second-order valence-corrected chi connectivity index (χ2v) is 10.9. The molecule has 2 aliphatic rings. The van der Waals surface area contributed by atoms with E-state index < -0.39 is 5.60 Å². The number of benzene rings is 1. The van der Waals surface area contributed by atoms with Gasteiger partial charge in [-0.05, 0) is 50.7 Å². The van der Waals surface area contributed by atoms with Crippen molar-refractivity contribution in [2.45, 2.75) is 30.9 Å². The number of likely N-dealkylation sites (tertiary alicyclic amines) is 2. The van der Waals surface area contributed by atoms with Gasteiger partial charge in [0.25, 0.3) is 5.91 Å². The second-order valence-electron chi connectivity index (χ2n) is 10.1. The highest BCUT2D eigenvalue weighted by Gasteiger charge is 2.45. The molecule has 0 unspecified atom stereocenters. The number of carbonyl (C=O) groups is 1. The van der Waals surface area contributed by atoms with E-state index in [9.17, 15) is 9.90 Å². The standard InChI is InChI=1S/C27H30N8O2S/c1-33-11-7-21(8-12-33)35-16-20(15-29-35)30-26-28-10-6-22(32-26)24-31-23(17-38-24)18-4-3-5-19(14-18)27(37)9-13-34(2)25(27)36/h3-6,10,14-17,21,37H,7-9,11-13H2,1-2H3,(H,28,30,32)/t27-/m1/s1. The molecule has 11 heteroatoms. The van der Waals surface area contributed by atoms with E-state index in [1.54, 1.807) is 24.2 Å². The fourth-order valence-electron chi connectivity index (χ4n) is 5.11. The summed E-state index contributed by atoms with van der Waals surface area (Å²) in [6.45, 7) is 2.69. The van der Waals surface area contributed by atoms with E-state index in [4.69, 9.17) is 4.98 Å². The smallest absolute Gasteiger partial charge is 0.258 e. The molecule has 196 valence electrons. The quantitative estimate of drug-likeness (QED) is 0.389. The molecule has 1 amide bonds. The van der Waals surface area contributed by atoms with Crippen molar-refractivity contribution < 1.29 is 9.90 Å². The zero-order chi connectivity index (χ0) is 26.3. The molecule has 0 spiro atoms. The van der Waals surface area contributed by atoms with E-state index in [1.807, 2.05) is 46.7 Å². The first kappa shape index (κ1) is 24.7. The van der Waals surface area contributed by atoms with Crippen LogP contribution in [0.3, 0.4) is 0 Å². The van der Waals surface area contributed by atoms with Gasteiger partial charge in [-0.1, -0.05) is 18.2 Å². The van der Waals surface area contributed by atoms with E-state index in [0.717, 1.165) is 47.9 Å². The van der Waals surface area contributed by atoms with E-state index >= 15 is 0 Å². The highest BCUT2D eigenvalue weighted by Crippen LogP contribution is 2.35. The summed E-state index contributed by atoms with van der Waals surface area (Å²) in [5, 5.41) is 21.6. The van der Waals surface area contributed by atoms with Gasteiger partial charge in [0.15, 0.2) is 5.60 Å². The van der Waals surface area contributed by atoms with Gasteiger partial charge in [0, 0.05) is 43.4 Å². The Hall–Kier alpha value is -3.67. The van der Waals surface area contributed by atoms with Crippen LogP contribution in [0.4, 0.5) is 11.6 Å². The van der Waals surface area contributed by atoms with Crippen molar-refractivity contribution in [3.05, 3.63) is 59.9 Å². The number of aromatic nitrogens is 5. The molecule has 6 rings (SSSR count). The maximum absolute atomic E-state index is 12.6. The number of carbonyl (C=O) groups excluding carboxylic acids is 1. The lowest BCUT2D eigenvalue weighted by molar-refractivity contribution is -0.143. The van der Waals surface area contributed by atoms with E-state index in [0.29, 0.717) is 36.2 Å². The number of amides is 1. The summed E-state index contributed by atoms with van der Waals surface area (Å²) in [6, 6.07) is 9.68. The number of nitrogens with one attached hydrogen (secondary N) is 1. The second kappa shape index (κ2) is 9.90. The van der Waals surface area contributed by atoms with Crippen LogP contribution in [0.2, 0.25) is 0 Å². The number of anilines is 2. The van der Waals surface area contributed by atoms with Gasteiger partial charge in [0.2, 0.25) is 5.95 Å². The van der Waals surface area contributed by atoms with Crippen LogP contribution in [0.25, 0.3) is 22.0 Å². The third-order valence-corrected chi connectivity index (χ3v) is 8.31. The van der Waals surface area contributed by atoms with Crippen LogP contribution in [0, 0.1) is 0 Å². The Kier molecular flexibility index (Phi) is 6.42. The fourth-order valence-corrected chi connectivity index (χ4v) is 5.91. The number of nitrogens with zero attached hydrogens (tertiary/aromatic N) is 7. The van der Waals surface area contributed by atoms with Gasteiger partial charge in [-0.15, -0.1) is 11.3 Å². The zero-order valence-electron chi connectivity index (χ0n) is 21.4. The van der Waals surface area contributed by atoms with Crippen LogP contribution in [-0.4, -0.2) is 79.3 Å². The predicted octanol–water partition coefficient (Wildman–Crippen LogP) is 3.52. The molecule has 0 saturated carbocycles. The highest BCUT2D eigenvalue weighted by molar-refractivity contribution is 7.13. The molecule has 2 aliphatic heterocycles. The zero-order valence-corrected chi connectivity index (χ0v) is 22.2. The minimum Gasteiger partial charge on any atom is -0.375 e. The van der Waals surface area contributed by atoms with Gasteiger partial charge in [-0.25, -0.2) is 15.0 Å². The molecular weight excluding hydrogens is 500 g/mol. The van der Waals surface area contributed by atoms with Crippen molar-refractivity contribution in [1.82, 2.24) is 34.5 Å². The molecule has 1 aromatic carbocycles. The van der Waals surface area contributed by atoms with Crippen LogP contribution in [0.1, 0.15) is 30.9 Å².